The van der Waals surface area contributed by atoms with Crippen LogP contribution < -0.4 is 9.62 Å². The molecule has 4 aliphatic carbocycles. The minimum atomic E-state index is -3.64. The number of anilines is 2. The lowest BCUT2D eigenvalue weighted by atomic mass is 9.48. The summed E-state index contributed by atoms with van der Waals surface area (Å²) in [4.78, 5) is 12.8. The molecule has 0 atom stereocenters. The molecule has 0 saturated heterocycles. The summed E-state index contributed by atoms with van der Waals surface area (Å²) in [6.45, 7) is 1.48. The zero-order valence-electron chi connectivity index (χ0n) is 19.2. The van der Waals surface area contributed by atoms with Crippen LogP contribution in [0.2, 0.25) is 5.02 Å². The van der Waals surface area contributed by atoms with Crippen molar-refractivity contribution in [1.29, 1.82) is 0 Å². The molecule has 1 N–H and O–H groups in total. The third-order valence-electron chi connectivity index (χ3n) is 7.93. The molecule has 0 aromatic heterocycles. The normalized spacial score (nSPS) is 28.0. The number of rotatable bonds is 6. The van der Waals surface area contributed by atoms with Crippen molar-refractivity contribution in [3.63, 3.8) is 0 Å². The van der Waals surface area contributed by atoms with E-state index < -0.39 is 10.0 Å². The van der Waals surface area contributed by atoms with E-state index in [-0.39, 0.29) is 12.5 Å². The summed E-state index contributed by atoms with van der Waals surface area (Å²) in [7, 11) is -3.64. The van der Waals surface area contributed by atoms with Crippen LogP contribution in [-0.4, -0.2) is 27.1 Å². The van der Waals surface area contributed by atoms with Crippen molar-refractivity contribution in [3.8, 4) is 0 Å². The molecule has 0 heterocycles. The number of carbonyl (C=O) groups excluding carboxylic acids is 1. The van der Waals surface area contributed by atoms with Gasteiger partial charge in [0.25, 0.3) is 0 Å². The summed E-state index contributed by atoms with van der Waals surface area (Å²) in [6, 6.07) is 13.2. The first-order valence-electron chi connectivity index (χ1n) is 11.8. The Hall–Kier alpha value is -2.05. The van der Waals surface area contributed by atoms with Gasteiger partial charge in [-0.3, -0.25) is 9.10 Å². The number of aryl methyl sites for hydroxylation is 1. The molecular formula is C26H31ClN2O3S. The molecule has 7 heteroatoms. The summed E-state index contributed by atoms with van der Waals surface area (Å²) in [6.07, 6.45) is 9.25. The Kier molecular flexibility index (Phi) is 5.73. The van der Waals surface area contributed by atoms with Gasteiger partial charge in [-0.2, -0.15) is 0 Å². The monoisotopic (exact) mass is 486 g/mol. The van der Waals surface area contributed by atoms with Crippen LogP contribution in [0.4, 0.5) is 11.4 Å². The minimum Gasteiger partial charge on any atom is -0.325 e. The Balaban J connectivity index is 1.30. The number of sulfonamides is 1. The van der Waals surface area contributed by atoms with E-state index >= 15 is 0 Å². The molecule has 0 aliphatic heterocycles. The second kappa shape index (κ2) is 8.31. The highest BCUT2D eigenvalue weighted by atomic mass is 35.5. The van der Waals surface area contributed by atoms with E-state index in [9.17, 15) is 13.2 Å². The van der Waals surface area contributed by atoms with Gasteiger partial charge in [-0.05, 0) is 110 Å². The number of hydrogen-bond donors (Lipinski definition) is 1. The number of nitrogens with one attached hydrogen (secondary N) is 1. The van der Waals surface area contributed by atoms with Crippen LogP contribution in [0, 0.1) is 24.7 Å². The number of amides is 1. The van der Waals surface area contributed by atoms with Crippen molar-refractivity contribution in [2.45, 2.75) is 50.9 Å². The first kappa shape index (κ1) is 22.7. The van der Waals surface area contributed by atoms with Crippen LogP contribution >= 0.6 is 11.6 Å². The zero-order chi connectivity index (χ0) is 23.4. The van der Waals surface area contributed by atoms with Crippen molar-refractivity contribution >= 4 is 38.9 Å². The van der Waals surface area contributed by atoms with Crippen LogP contribution in [0.5, 0.6) is 0 Å². The van der Waals surface area contributed by atoms with Gasteiger partial charge in [-0.1, -0.05) is 23.7 Å². The van der Waals surface area contributed by atoms with Crippen molar-refractivity contribution in [3.05, 3.63) is 58.6 Å². The molecule has 5 nitrogen and oxygen atoms in total. The van der Waals surface area contributed by atoms with Gasteiger partial charge >= 0.3 is 0 Å². The Morgan fingerprint density at radius 2 is 1.61 bits per heavy atom. The molecular weight excluding hydrogens is 456 g/mol. The number of halogens is 1. The van der Waals surface area contributed by atoms with Crippen molar-refractivity contribution < 1.29 is 13.2 Å². The standard InChI is InChI=1S/C26H31ClN2O3S/c1-17-9-22(27)5-8-24(17)29(33(2,31)32)16-25(30)28-23-6-3-21(4-7-23)26-13-18-10-19(14-26)12-20(11-18)15-26/h3-9,18-20H,10-16H2,1-2H3,(H,28,30). The molecule has 33 heavy (non-hydrogen) atoms. The fraction of sp³-hybridized carbons (Fsp3) is 0.500. The molecule has 4 fully saturated rings. The molecule has 4 bridgehead atoms. The van der Waals surface area contributed by atoms with Crippen LogP contribution in [-0.2, 0) is 20.2 Å². The van der Waals surface area contributed by atoms with Crippen molar-refractivity contribution in [2.24, 2.45) is 17.8 Å². The summed E-state index contributed by atoms with van der Waals surface area (Å²) in [5, 5.41) is 3.40. The maximum Gasteiger partial charge on any atom is 0.245 e. The Bertz CT molecular complexity index is 1140. The first-order valence-corrected chi connectivity index (χ1v) is 14.0. The third-order valence-corrected chi connectivity index (χ3v) is 9.30. The van der Waals surface area contributed by atoms with Gasteiger partial charge in [0.1, 0.15) is 6.54 Å². The predicted molar refractivity (Wildman–Crippen MR) is 133 cm³/mol. The van der Waals surface area contributed by atoms with E-state index in [1.807, 2.05) is 12.1 Å². The zero-order valence-corrected chi connectivity index (χ0v) is 20.8. The van der Waals surface area contributed by atoms with Crippen molar-refractivity contribution in [2.75, 3.05) is 22.4 Å². The Morgan fingerprint density at radius 3 is 2.12 bits per heavy atom. The highest BCUT2D eigenvalue weighted by molar-refractivity contribution is 7.92. The van der Waals surface area contributed by atoms with Crippen LogP contribution in [0.1, 0.15) is 49.7 Å². The topological polar surface area (TPSA) is 66.5 Å². The van der Waals surface area contributed by atoms with E-state index in [4.69, 9.17) is 11.6 Å². The van der Waals surface area contributed by atoms with E-state index in [1.54, 1.807) is 25.1 Å². The molecule has 176 valence electrons. The van der Waals surface area contributed by atoms with Crippen molar-refractivity contribution in [1.82, 2.24) is 0 Å². The summed E-state index contributed by atoms with van der Waals surface area (Å²) in [5.41, 5.74) is 3.55. The predicted octanol–water partition coefficient (Wildman–Crippen LogP) is 5.52. The Labute approximate surface area is 201 Å². The smallest absolute Gasteiger partial charge is 0.245 e. The van der Waals surface area contributed by atoms with Crippen LogP contribution in [0.15, 0.2) is 42.5 Å². The average molecular weight is 487 g/mol. The molecule has 0 unspecified atom stereocenters. The van der Waals surface area contributed by atoms with Gasteiger partial charge in [0.05, 0.1) is 11.9 Å². The summed E-state index contributed by atoms with van der Waals surface area (Å²) in [5.74, 6) is 2.27. The molecule has 0 radical (unpaired) electrons. The average Bonchev–Trinajstić information content (AvgIpc) is 2.71. The quantitative estimate of drug-likeness (QED) is 0.584. The number of hydrogen-bond acceptors (Lipinski definition) is 3. The maximum absolute atomic E-state index is 12.8. The highest BCUT2D eigenvalue weighted by Crippen LogP contribution is 2.60. The number of nitrogens with zero attached hydrogens (tertiary/aromatic N) is 1. The lowest BCUT2D eigenvalue weighted by molar-refractivity contribution is -0.114. The second-order valence-electron chi connectivity index (χ2n) is 10.5. The van der Waals surface area contributed by atoms with Gasteiger partial charge in [0, 0.05) is 10.7 Å². The fourth-order valence-corrected chi connectivity index (χ4v) is 8.12. The minimum absolute atomic E-state index is 0.294. The largest absolute Gasteiger partial charge is 0.325 e. The second-order valence-corrected chi connectivity index (χ2v) is 12.9. The van der Waals surface area contributed by atoms with E-state index in [0.29, 0.717) is 27.4 Å². The van der Waals surface area contributed by atoms with Crippen LogP contribution in [0.25, 0.3) is 0 Å². The highest BCUT2D eigenvalue weighted by Gasteiger charge is 2.51. The molecule has 4 aliphatic rings. The van der Waals surface area contributed by atoms with E-state index in [2.05, 4.69) is 17.4 Å². The van der Waals surface area contributed by atoms with Gasteiger partial charge in [-0.25, -0.2) is 8.42 Å². The first-order chi connectivity index (χ1) is 15.6. The number of carbonyl (C=O) groups is 1. The molecule has 1 amide bonds. The fourth-order valence-electron chi connectivity index (χ4n) is 6.98. The third kappa shape index (κ3) is 4.52. The molecule has 2 aromatic carbocycles. The van der Waals surface area contributed by atoms with Gasteiger partial charge in [-0.15, -0.1) is 0 Å². The van der Waals surface area contributed by atoms with Gasteiger partial charge < -0.3 is 5.32 Å². The lowest BCUT2D eigenvalue weighted by Crippen LogP contribution is -2.48. The summed E-state index contributed by atoms with van der Waals surface area (Å²) >= 11 is 6.01. The maximum atomic E-state index is 12.8. The summed E-state index contributed by atoms with van der Waals surface area (Å²) < 4.78 is 26.0. The molecule has 4 saturated carbocycles. The van der Waals surface area contributed by atoms with E-state index in [1.165, 1.54) is 44.1 Å². The molecule has 2 aromatic rings. The van der Waals surface area contributed by atoms with Gasteiger partial charge in [0.15, 0.2) is 0 Å². The molecule has 6 rings (SSSR count). The SMILES string of the molecule is Cc1cc(Cl)ccc1N(CC(=O)Nc1ccc(C23CC4CC(CC(C4)C2)C3)cc1)S(C)(=O)=O. The lowest BCUT2D eigenvalue weighted by Gasteiger charge is -2.57. The molecule has 0 spiro atoms. The van der Waals surface area contributed by atoms with Gasteiger partial charge in [0.2, 0.25) is 15.9 Å². The van der Waals surface area contributed by atoms with E-state index in [0.717, 1.165) is 28.3 Å². The van der Waals surface area contributed by atoms with Crippen LogP contribution in [0.3, 0.4) is 0 Å². The number of benzene rings is 2. The Morgan fingerprint density at radius 1 is 1.03 bits per heavy atom.